The second kappa shape index (κ2) is 8.28. The summed E-state index contributed by atoms with van der Waals surface area (Å²) in [6.45, 7) is 8.94. The van der Waals surface area contributed by atoms with Gasteiger partial charge in [-0.1, -0.05) is 31.6 Å². The third kappa shape index (κ3) is 5.86. The maximum absolute atomic E-state index is 11.4. The van der Waals surface area contributed by atoms with Crippen LogP contribution in [0.15, 0.2) is 23.8 Å². The van der Waals surface area contributed by atoms with E-state index in [-0.39, 0.29) is 5.78 Å². The summed E-state index contributed by atoms with van der Waals surface area (Å²) in [6, 6.07) is 0.307. The number of nitrogens with zero attached hydrogens (tertiary/aromatic N) is 1. The minimum absolute atomic E-state index is 0.133. The van der Waals surface area contributed by atoms with Crippen LogP contribution >= 0.6 is 0 Å². The maximum Gasteiger partial charge on any atom is 0.159 e. The van der Waals surface area contributed by atoms with Gasteiger partial charge in [0, 0.05) is 11.6 Å². The maximum atomic E-state index is 11.4. The van der Waals surface area contributed by atoms with E-state index in [4.69, 9.17) is 0 Å². The molecule has 16 heavy (non-hydrogen) atoms. The number of rotatable bonds is 7. The van der Waals surface area contributed by atoms with Crippen LogP contribution in [0, 0.1) is 0 Å². The van der Waals surface area contributed by atoms with Crippen molar-refractivity contribution in [2.75, 3.05) is 13.6 Å². The Morgan fingerprint density at radius 3 is 2.50 bits per heavy atom. The first-order valence-corrected chi connectivity index (χ1v) is 6.08. The molecule has 0 amide bonds. The number of ketones is 1. The molecule has 0 rings (SSSR count). The highest BCUT2D eigenvalue weighted by atomic mass is 16.1. The van der Waals surface area contributed by atoms with Gasteiger partial charge in [-0.2, -0.15) is 0 Å². The molecule has 1 atom stereocenters. The van der Waals surface area contributed by atoms with E-state index in [2.05, 4.69) is 25.8 Å². The number of hydrogen-bond donors (Lipinski definition) is 0. The van der Waals surface area contributed by atoms with Crippen LogP contribution in [0.3, 0.4) is 0 Å². The van der Waals surface area contributed by atoms with E-state index in [0.717, 1.165) is 12.1 Å². The molecule has 0 aromatic rings. The van der Waals surface area contributed by atoms with Gasteiger partial charge in [-0.05, 0) is 40.8 Å². The zero-order valence-corrected chi connectivity index (χ0v) is 11.3. The predicted octanol–water partition coefficient (Wildman–Crippen LogP) is 3.20. The smallest absolute Gasteiger partial charge is 0.159 e. The van der Waals surface area contributed by atoms with Crippen LogP contribution in [0.5, 0.6) is 0 Å². The van der Waals surface area contributed by atoms with Gasteiger partial charge in [0.05, 0.1) is 0 Å². The quantitative estimate of drug-likeness (QED) is 0.488. The van der Waals surface area contributed by atoms with Crippen molar-refractivity contribution in [2.24, 2.45) is 0 Å². The zero-order chi connectivity index (χ0) is 12.6. The molecule has 0 aliphatic carbocycles. The fraction of sp³-hybridized carbons (Fsp3) is 0.643. The Balaban J connectivity index is 4.51. The summed E-state index contributed by atoms with van der Waals surface area (Å²) in [5.74, 6) is 0.133. The lowest BCUT2D eigenvalue weighted by Crippen LogP contribution is -2.28. The van der Waals surface area contributed by atoms with E-state index >= 15 is 0 Å². The van der Waals surface area contributed by atoms with Gasteiger partial charge in [0.15, 0.2) is 5.78 Å². The van der Waals surface area contributed by atoms with E-state index in [0.29, 0.717) is 6.04 Å². The van der Waals surface area contributed by atoms with Crippen LogP contribution < -0.4 is 0 Å². The minimum Gasteiger partial charge on any atom is -0.300 e. The summed E-state index contributed by atoms with van der Waals surface area (Å²) < 4.78 is 0. The van der Waals surface area contributed by atoms with Crippen LogP contribution in [-0.2, 0) is 4.79 Å². The van der Waals surface area contributed by atoms with Crippen molar-refractivity contribution in [1.82, 2.24) is 4.90 Å². The van der Waals surface area contributed by atoms with Gasteiger partial charge in [0.25, 0.3) is 0 Å². The molecule has 0 N–H and O–H groups in total. The van der Waals surface area contributed by atoms with Crippen molar-refractivity contribution >= 4 is 5.78 Å². The Bertz CT molecular complexity index is 266. The van der Waals surface area contributed by atoms with E-state index in [1.54, 1.807) is 6.92 Å². The Morgan fingerprint density at radius 2 is 2.06 bits per heavy atom. The lowest BCUT2D eigenvalue weighted by atomic mass is 10.1. The van der Waals surface area contributed by atoms with Crippen molar-refractivity contribution in [2.45, 2.75) is 46.6 Å². The highest BCUT2D eigenvalue weighted by molar-refractivity contribution is 5.96. The molecule has 0 radical (unpaired) electrons. The van der Waals surface area contributed by atoms with Gasteiger partial charge in [-0.3, -0.25) is 4.79 Å². The average molecular weight is 223 g/mol. The molecule has 0 fully saturated rings. The normalized spacial score (nSPS) is 14.8. The summed E-state index contributed by atoms with van der Waals surface area (Å²) in [7, 11) is 2.10. The van der Waals surface area contributed by atoms with Crippen LogP contribution in [0.4, 0.5) is 0 Å². The summed E-state index contributed by atoms with van der Waals surface area (Å²) in [5.41, 5.74) is 0.804. The second-order valence-electron chi connectivity index (χ2n) is 4.25. The molecule has 0 aromatic carbocycles. The molecule has 2 nitrogen and oxygen atoms in total. The molecule has 0 saturated carbocycles. The highest BCUT2D eigenvalue weighted by Crippen LogP contribution is 2.06. The van der Waals surface area contributed by atoms with Crippen LogP contribution in [0.1, 0.15) is 40.5 Å². The minimum atomic E-state index is 0.133. The van der Waals surface area contributed by atoms with Crippen LogP contribution in [0.2, 0.25) is 0 Å². The summed E-state index contributed by atoms with van der Waals surface area (Å²) in [4.78, 5) is 13.6. The highest BCUT2D eigenvalue weighted by Gasteiger charge is 2.08. The summed E-state index contributed by atoms with van der Waals surface area (Å²) in [5, 5.41) is 0. The average Bonchev–Trinajstić information content (AvgIpc) is 2.24. The molecule has 92 valence electrons. The number of likely N-dealkylation sites (N-methyl/N-ethyl adjacent to an activating group) is 1. The Morgan fingerprint density at radius 1 is 1.44 bits per heavy atom. The van der Waals surface area contributed by atoms with E-state index < -0.39 is 0 Å². The molecule has 0 aliphatic heterocycles. The Hall–Kier alpha value is -0.890. The van der Waals surface area contributed by atoms with Crippen molar-refractivity contribution in [3.05, 3.63) is 23.8 Å². The molecule has 2 heteroatoms. The van der Waals surface area contributed by atoms with E-state index in [1.807, 2.05) is 25.2 Å². The number of carbonyl (C=O) groups is 1. The lowest BCUT2D eigenvalue weighted by molar-refractivity contribution is -0.113. The van der Waals surface area contributed by atoms with Crippen molar-refractivity contribution in [3.63, 3.8) is 0 Å². The monoisotopic (exact) mass is 223 g/mol. The fourth-order valence-electron chi connectivity index (χ4n) is 1.47. The topological polar surface area (TPSA) is 20.3 Å². The summed E-state index contributed by atoms with van der Waals surface area (Å²) >= 11 is 0. The summed E-state index contributed by atoms with van der Waals surface area (Å²) in [6.07, 6.45) is 8.24. The Labute approximate surface area is 100 Å². The molecular weight excluding hydrogens is 198 g/mol. The second-order valence-corrected chi connectivity index (χ2v) is 4.25. The van der Waals surface area contributed by atoms with Crippen LogP contribution in [0.25, 0.3) is 0 Å². The third-order valence-corrected chi connectivity index (χ3v) is 2.73. The number of carbonyl (C=O) groups excluding carboxylic acids is 1. The molecule has 0 saturated heterocycles. The zero-order valence-electron chi connectivity index (χ0n) is 11.3. The van der Waals surface area contributed by atoms with E-state index in [9.17, 15) is 4.79 Å². The van der Waals surface area contributed by atoms with Crippen molar-refractivity contribution < 1.29 is 4.79 Å². The fourth-order valence-corrected chi connectivity index (χ4v) is 1.47. The van der Waals surface area contributed by atoms with Gasteiger partial charge in [0.2, 0.25) is 0 Å². The Kier molecular flexibility index (Phi) is 7.82. The van der Waals surface area contributed by atoms with Crippen molar-refractivity contribution in [3.8, 4) is 0 Å². The molecule has 1 unspecified atom stereocenters. The lowest BCUT2D eigenvalue weighted by Gasteiger charge is -2.22. The predicted molar refractivity (Wildman–Crippen MR) is 70.6 cm³/mol. The molecule has 0 aromatic heterocycles. The molecule has 0 aliphatic rings. The first-order valence-electron chi connectivity index (χ1n) is 6.08. The number of unbranched alkanes of at least 4 members (excludes halogenated alkanes) is 1. The molecule has 0 bridgehead atoms. The van der Waals surface area contributed by atoms with Gasteiger partial charge < -0.3 is 4.90 Å². The van der Waals surface area contributed by atoms with Crippen molar-refractivity contribution in [1.29, 1.82) is 0 Å². The largest absolute Gasteiger partial charge is 0.300 e. The third-order valence-electron chi connectivity index (χ3n) is 2.73. The molecular formula is C14H25NO. The first kappa shape index (κ1) is 15.1. The first-order chi connectivity index (χ1) is 7.52. The van der Waals surface area contributed by atoms with Gasteiger partial charge in [-0.25, -0.2) is 0 Å². The molecule has 0 spiro atoms. The van der Waals surface area contributed by atoms with Gasteiger partial charge in [0.1, 0.15) is 0 Å². The van der Waals surface area contributed by atoms with Gasteiger partial charge in [-0.15, -0.1) is 0 Å². The van der Waals surface area contributed by atoms with Crippen LogP contribution in [-0.4, -0.2) is 30.3 Å². The number of allylic oxidation sites excluding steroid dienone is 3. The number of Topliss-reactive ketones (excluding diaryl/α,β-unsaturated/α-hetero) is 1. The number of hydrogen-bond acceptors (Lipinski definition) is 2. The van der Waals surface area contributed by atoms with Gasteiger partial charge >= 0.3 is 0 Å². The SMILES string of the molecule is C/C=C\C(=C/C(C)N(C)CCCC)C(C)=O. The van der Waals surface area contributed by atoms with E-state index in [1.165, 1.54) is 12.8 Å². The standard InChI is InChI=1S/C14H25NO/c1-6-8-10-15(5)12(3)11-14(9-7-2)13(4)16/h7,9,11-12H,6,8,10H2,1-5H3/b9-7-,14-11+. The molecule has 0 heterocycles.